The van der Waals surface area contributed by atoms with Crippen LogP contribution in [-0.4, -0.2) is 35.0 Å². The van der Waals surface area contributed by atoms with Gasteiger partial charge in [-0.3, -0.25) is 14.4 Å². The largest absolute Gasteiger partial charge is 0.504 e. The van der Waals surface area contributed by atoms with Crippen LogP contribution < -0.4 is 21.5 Å². The van der Waals surface area contributed by atoms with Gasteiger partial charge in [-0.25, -0.2) is 4.98 Å². The van der Waals surface area contributed by atoms with Gasteiger partial charge >= 0.3 is 0 Å². The van der Waals surface area contributed by atoms with E-state index in [2.05, 4.69) is 29.5 Å². The van der Waals surface area contributed by atoms with Crippen molar-refractivity contribution in [2.75, 3.05) is 24.7 Å². The highest BCUT2D eigenvalue weighted by Crippen LogP contribution is 2.47. The van der Waals surface area contributed by atoms with E-state index in [1.807, 2.05) is 6.92 Å². The van der Waals surface area contributed by atoms with Gasteiger partial charge in [0.15, 0.2) is 11.4 Å². The number of amides is 1. The lowest BCUT2D eigenvalue weighted by Crippen LogP contribution is -2.41. The predicted octanol–water partition coefficient (Wildman–Crippen LogP) is 2.86. The number of carbonyl (C=O) groups is 1. The third-order valence-corrected chi connectivity index (χ3v) is 6.16. The fourth-order valence-electron chi connectivity index (χ4n) is 4.18. The molecule has 1 unspecified atom stereocenters. The normalized spacial score (nSPS) is 17.1. The first-order chi connectivity index (χ1) is 15.0. The number of rotatable bonds is 5. The smallest absolute Gasteiger partial charge is 0.275 e. The summed E-state index contributed by atoms with van der Waals surface area (Å²) in [5, 5.41) is 16.6. The monoisotopic (exact) mass is 438 g/mol. The van der Waals surface area contributed by atoms with Gasteiger partial charge in [-0.15, -0.1) is 0 Å². The number of fused-ring (bicyclic) bond motifs is 1. The minimum absolute atomic E-state index is 0.0452. The second-order valence-corrected chi connectivity index (χ2v) is 9.11. The fraction of sp³-hybridized carbons (Fsp3) is 0.391. The first-order valence-corrected chi connectivity index (χ1v) is 10.4. The Balaban J connectivity index is 1.69. The number of carbonyl (C=O) groups excluding carboxylic acids is 1. The van der Waals surface area contributed by atoms with E-state index < -0.39 is 22.5 Å². The molecule has 168 valence electrons. The van der Waals surface area contributed by atoms with Crippen LogP contribution in [0.3, 0.4) is 0 Å². The number of aryl methyl sites for hydroxylation is 2. The number of nitrogens with one attached hydrogen (secondary N) is 2. The molecule has 0 aliphatic heterocycles. The molecule has 1 aliphatic carbocycles. The number of pyridine rings is 1. The van der Waals surface area contributed by atoms with E-state index in [4.69, 9.17) is 4.42 Å². The lowest BCUT2D eigenvalue weighted by molar-refractivity contribution is 0.0819. The Bertz CT molecular complexity index is 1280. The van der Waals surface area contributed by atoms with Gasteiger partial charge in [0.25, 0.3) is 16.8 Å². The van der Waals surface area contributed by atoms with Gasteiger partial charge in [-0.1, -0.05) is 13.8 Å². The highest BCUT2D eigenvalue weighted by Gasteiger charge is 2.40. The third kappa shape index (κ3) is 3.34. The Morgan fingerprint density at radius 2 is 1.94 bits per heavy atom. The van der Waals surface area contributed by atoms with Crippen LogP contribution in [0, 0.1) is 12.3 Å². The maximum Gasteiger partial charge on any atom is 0.275 e. The van der Waals surface area contributed by atoms with Gasteiger partial charge in [0.2, 0.25) is 0 Å². The quantitative estimate of drug-likeness (QED) is 0.520. The Hall–Kier alpha value is -3.62. The number of hydrogen-bond donors (Lipinski definition) is 3. The lowest BCUT2D eigenvalue weighted by Gasteiger charge is -2.40. The Morgan fingerprint density at radius 3 is 2.62 bits per heavy atom. The molecule has 0 saturated heterocycles. The Kier molecular flexibility index (Phi) is 5.07. The van der Waals surface area contributed by atoms with Crippen molar-refractivity contribution < 1.29 is 14.3 Å². The standard InChI is InChI=1S/C23H26N4O5/c1-11-10-32-13-6-8-23(2,3)21(14(11)13)26-16-15(19(29)20(16)30)25-12-7-9-24-17(18(12)28)22(31)27(4)5/h7,9-10,21,26,28H,6,8H2,1-5H3,(H,24,25). The molecule has 0 bridgehead atoms. The van der Waals surface area contributed by atoms with E-state index in [0.717, 1.165) is 29.7 Å². The Labute approximate surface area is 184 Å². The highest BCUT2D eigenvalue weighted by atomic mass is 16.3. The third-order valence-electron chi connectivity index (χ3n) is 6.16. The zero-order valence-electron chi connectivity index (χ0n) is 18.7. The summed E-state index contributed by atoms with van der Waals surface area (Å²) >= 11 is 0. The van der Waals surface area contributed by atoms with Crippen molar-refractivity contribution in [3.8, 4) is 5.75 Å². The van der Waals surface area contributed by atoms with Crippen LogP contribution in [0.25, 0.3) is 0 Å². The molecule has 2 heterocycles. The summed E-state index contributed by atoms with van der Waals surface area (Å²) in [7, 11) is 3.08. The van der Waals surface area contributed by atoms with E-state index in [9.17, 15) is 19.5 Å². The molecule has 32 heavy (non-hydrogen) atoms. The molecule has 0 spiro atoms. The number of anilines is 3. The van der Waals surface area contributed by atoms with Crippen molar-refractivity contribution in [1.82, 2.24) is 9.88 Å². The van der Waals surface area contributed by atoms with Crippen molar-refractivity contribution in [2.45, 2.75) is 39.7 Å². The minimum Gasteiger partial charge on any atom is -0.504 e. The van der Waals surface area contributed by atoms with Crippen molar-refractivity contribution in [3.05, 3.63) is 61.6 Å². The molecule has 0 fully saturated rings. The van der Waals surface area contributed by atoms with Crippen molar-refractivity contribution in [2.24, 2.45) is 5.41 Å². The fourth-order valence-corrected chi connectivity index (χ4v) is 4.18. The summed E-state index contributed by atoms with van der Waals surface area (Å²) in [6.07, 6.45) is 4.71. The molecule has 1 aliphatic rings. The topological polar surface area (TPSA) is 125 Å². The number of aromatic hydroxyl groups is 1. The number of nitrogens with zero attached hydrogens (tertiary/aromatic N) is 2. The molecule has 3 N–H and O–H groups in total. The van der Waals surface area contributed by atoms with Crippen LogP contribution in [0.15, 0.2) is 32.5 Å². The SMILES string of the molecule is Cc1coc2c1C(Nc1c(Nc3ccnc(C(=O)N(C)C)c3O)c(=O)c1=O)C(C)(C)CC2. The zero-order valence-corrected chi connectivity index (χ0v) is 18.7. The molecule has 9 heteroatoms. The molecule has 0 saturated carbocycles. The van der Waals surface area contributed by atoms with Gasteiger partial charge < -0.3 is 25.1 Å². The van der Waals surface area contributed by atoms with Crippen LogP contribution in [0.5, 0.6) is 5.75 Å². The maximum atomic E-state index is 12.5. The predicted molar refractivity (Wildman–Crippen MR) is 120 cm³/mol. The first-order valence-electron chi connectivity index (χ1n) is 10.4. The summed E-state index contributed by atoms with van der Waals surface area (Å²) in [4.78, 5) is 42.3. The maximum absolute atomic E-state index is 12.5. The highest BCUT2D eigenvalue weighted by molar-refractivity contribution is 5.97. The molecular weight excluding hydrogens is 412 g/mol. The molecule has 9 nitrogen and oxygen atoms in total. The van der Waals surface area contributed by atoms with Gasteiger partial charge in [-0.2, -0.15) is 0 Å². The molecule has 1 amide bonds. The van der Waals surface area contributed by atoms with Crippen LogP contribution in [-0.2, 0) is 6.42 Å². The van der Waals surface area contributed by atoms with Crippen molar-refractivity contribution >= 4 is 23.0 Å². The van der Waals surface area contributed by atoms with Crippen LogP contribution in [0.1, 0.15) is 53.7 Å². The molecular formula is C23H26N4O5. The second kappa shape index (κ2) is 7.51. The summed E-state index contributed by atoms with van der Waals surface area (Å²) < 4.78 is 5.69. The summed E-state index contributed by atoms with van der Waals surface area (Å²) in [6, 6.07) is 1.21. The van der Waals surface area contributed by atoms with Crippen molar-refractivity contribution in [1.29, 1.82) is 0 Å². The molecule has 1 aromatic carbocycles. The van der Waals surface area contributed by atoms with Crippen LogP contribution in [0.2, 0.25) is 0 Å². The van der Waals surface area contributed by atoms with Crippen molar-refractivity contribution in [3.63, 3.8) is 0 Å². The summed E-state index contributed by atoms with van der Waals surface area (Å²) in [5.41, 5.74) is 0.633. The minimum atomic E-state index is -0.693. The van der Waals surface area contributed by atoms with Crippen LogP contribution in [0.4, 0.5) is 17.1 Å². The van der Waals surface area contributed by atoms with E-state index in [-0.39, 0.29) is 34.2 Å². The lowest BCUT2D eigenvalue weighted by atomic mass is 9.71. The second-order valence-electron chi connectivity index (χ2n) is 9.11. The molecule has 0 radical (unpaired) electrons. The van der Waals surface area contributed by atoms with Gasteiger partial charge in [0.1, 0.15) is 17.1 Å². The Morgan fingerprint density at radius 1 is 1.25 bits per heavy atom. The average molecular weight is 438 g/mol. The zero-order chi connectivity index (χ0) is 23.4. The van der Waals surface area contributed by atoms with E-state index in [0.29, 0.717) is 0 Å². The van der Waals surface area contributed by atoms with Gasteiger partial charge in [0.05, 0.1) is 18.0 Å². The van der Waals surface area contributed by atoms with Gasteiger partial charge in [-0.05, 0) is 30.4 Å². The van der Waals surface area contributed by atoms with Crippen LogP contribution >= 0.6 is 0 Å². The van der Waals surface area contributed by atoms with E-state index >= 15 is 0 Å². The number of aromatic nitrogens is 1. The first kappa shape index (κ1) is 21.6. The average Bonchev–Trinajstić information content (AvgIpc) is 3.12. The number of hydrogen-bond acceptors (Lipinski definition) is 8. The molecule has 2 aromatic heterocycles. The van der Waals surface area contributed by atoms with E-state index in [1.54, 1.807) is 20.4 Å². The van der Waals surface area contributed by atoms with Gasteiger partial charge in [0, 0.05) is 32.3 Å². The molecule has 3 aromatic rings. The number of furan rings is 1. The molecule has 4 rings (SSSR count). The van der Waals surface area contributed by atoms with E-state index in [1.165, 1.54) is 17.2 Å². The summed E-state index contributed by atoms with van der Waals surface area (Å²) in [5.74, 6) is 0.00344. The summed E-state index contributed by atoms with van der Waals surface area (Å²) in [6.45, 7) is 6.16. The molecule has 1 atom stereocenters.